The Balaban J connectivity index is 1.53. The quantitative estimate of drug-likeness (QED) is 0.832. The molecule has 2 N–H and O–H groups in total. The molecule has 1 unspecified atom stereocenters. The second-order valence-electron chi connectivity index (χ2n) is 6.68. The van der Waals surface area contributed by atoms with E-state index in [2.05, 4.69) is 41.4 Å². The van der Waals surface area contributed by atoms with Gasteiger partial charge in [-0.15, -0.1) is 0 Å². The number of benzene rings is 1. The summed E-state index contributed by atoms with van der Waals surface area (Å²) in [6, 6.07) is 9.41. The van der Waals surface area contributed by atoms with Crippen molar-refractivity contribution in [1.29, 1.82) is 0 Å². The van der Waals surface area contributed by atoms with Gasteiger partial charge in [0.1, 0.15) is 0 Å². The third-order valence-electron chi connectivity index (χ3n) is 4.67. The fourth-order valence-corrected chi connectivity index (χ4v) is 3.07. The summed E-state index contributed by atoms with van der Waals surface area (Å²) in [5.74, 6) is 0. The number of nitrogens with one attached hydrogen (secondary N) is 1. The third kappa shape index (κ3) is 3.40. The van der Waals surface area contributed by atoms with Crippen LogP contribution in [0.1, 0.15) is 37.3 Å². The lowest BCUT2D eigenvalue weighted by atomic mass is 9.96. The van der Waals surface area contributed by atoms with E-state index in [1.807, 2.05) is 0 Å². The minimum atomic E-state index is -0.113. The van der Waals surface area contributed by atoms with E-state index in [0.29, 0.717) is 6.04 Å². The fourth-order valence-electron chi connectivity index (χ4n) is 3.07. The number of rotatable bonds is 6. The lowest BCUT2D eigenvalue weighted by Crippen LogP contribution is -2.49. The highest BCUT2D eigenvalue weighted by molar-refractivity contribution is 5.29. The van der Waals surface area contributed by atoms with Gasteiger partial charge in [0.2, 0.25) is 0 Å². The Labute approximate surface area is 122 Å². The van der Waals surface area contributed by atoms with E-state index in [1.54, 1.807) is 0 Å². The molecular formula is C17H26N2O. The molecule has 20 heavy (non-hydrogen) atoms. The summed E-state index contributed by atoms with van der Waals surface area (Å²) in [6.45, 7) is 5.64. The predicted molar refractivity (Wildman–Crippen MR) is 81.7 cm³/mol. The van der Waals surface area contributed by atoms with E-state index in [1.165, 1.54) is 24.0 Å². The van der Waals surface area contributed by atoms with Gasteiger partial charge in [0.05, 0.1) is 6.61 Å². The molecule has 1 atom stereocenters. The van der Waals surface area contributed by atoms with Crippen LogP contribution in [0.5, 0.6) is 0 Å². The zero-order valence-electron chi connectivity index (χ0n) is 12.4. The summed E-state index contributed by atoms with van der Waals surface area (Å²) < 4.78 is 0. The van der Waals surface area contributed by atoms with Crippen LogP contribution in [0.15, 0.2) is 24.3 Å². The van der Waals surface area contributed by atoms with Crippen molar-refractivity contribution >= 4 is 0 Å². The normalized spacial score (nSPS) is 22.3. The summed E-state index contributed by atoms with van der Waals surface area (Å²) in [7, 11) is 0. The van der Waals surface area contributed by atoms with Crippen LogP contribution < -0.4 is 5.32 Å². The molecule has 3 heteroatoms. The Morgan fingerprint density at radius 1 is 1.30 bits per heavy atom. The molecule has 0 aromatic heterocycles. The van der Waals surface area contributed by atoms with Crippen molar-refractivity contribution in [2.24, 2.45) is 0 Å². The number of nitrogens with zero attached hydrogens (tertiary/aromatic N) is 1. The number of aliphatic hydroxyl groups excluding tert-OH is 1. The maximum Gasteiger partial charge on any atom is 0.0611 e. The third-order valence-corrected chi connectivity index (χ3v) is 4.67. The average molecular weight is 274 g/mol. The van der Waals surface area contributed by atoms with E-state index in [-0.39, 0.29) is 12.1 Å². The number of fused-ring (bicyclic) bond motifs is 1. The minimum Gasteiger partial charge on any atom is -0.394 e. The van der Waals surface area contributed by atoms with Crippen LogP contribution in [0.3, 0.4) is 0 Å². The molecule has 3 rings (SSSR count). The molecule has 2 aliphatic rings. The predicted octanol–water partition coefficient (Wildman–Crippen LogP) is 1.94. The van der Waals surface area contributed by atoms with Crippen molar-refractivity contribution in [1.82, 2.24) is 10.2 Å². The van der Waals surface area contributed by atoms with E-state index >= 15 is 0 Å². The molecule has 0 spiro atoms. The molecule has 3 nitrogen and oxygen atoms in total. The van der Waals surface area contributed by atoms with Crippen LogP contribution in [0.4, 0.5) is 0 Å². The fraction of sp³-hybridized carbons (Fsp3) is 0.647. The first-order valence-corrected chi connectivity index (χ1v) is 7.86. The molecule has 1 saturated carbocycles. The number of hydrogen-bond donors (Lipinski definition) is 2. The van der Waals surface area contributed by atoms with Gasteiger partial charge in [-0.1, -0.05) is 24.3 Å². The van der Waals surface area contributed by atoms with Gasteiger partial charge in [0.15, 0.2) is 0 Å². The van der Waals surface area contributed by atoms with Crippen molar-refractivity contribution in [3.05, 3.63) is 35.4 Å². The van der Waals surface area contributed by atoms with E-state index < -0.39 is 0 Å². The molecule has 0 saturated heterocycles. The van der Waals surface area contributed by atoms with Crippen LogP contribution in [-0.4, -0.2) is 41.3 Å². The van der Waals surface area contributed by atoms with Crippen LogP contribution >= 0.6 is 0 Å². The van der Waals surface area contributed by atoms with Crippen LogP contribution in [0.25, 0.3) is 0 Å². The summed E-state index contributed by atoms with van der Waals surface area (Å²) in [6.07, 6.45) is 4.71. The highest BCUT2D eigenvalue weighted by atomic mass is 16.3. The summed E-state index contributed by atoms with van der Waals surface area (Å²) >= 11 is 0. The van der Waals surface area contributed by atoms with Gasteiger partial charge in [-0.3, -0.25) is 4.90 Å². The summed E-state index contributed by atoms with van der Waals surface area (Å²) in [5, 5.41) is 13.3. The molecule has 1 aliphatic heterocycles. The highest BCUT2D eigenvalue weighted by Gasteiger charge is 2.32. The van der Waals surface area contributed by atoms with Gasteiger partial charge in [-0.05, 0) is 43.7 Å². The monoisotopic (exact) mass is 274 g/mol. The molecule has 0 amide bonds. The molecule has 110 valence electrons. The second-order valence-corrected chi connectivity index (χ2v) is 6.68. The summed E-state index contributed by atoms with van der Waals surface area (Å²) in [4.78, 5) is 2.52. The first-order chi connectivity index (χ1) is 9.68. The Morgan fingerprint density at radius 3 is 2.75 bits per heavy atom. The topological polar surface area (TPSA) is 35.5 Å². The standard InChI is InChI=1S/C17H26N2O/c1-17(13-20,18-16-6-7-16)9-11-19-10-8-14-4-2-3-5-15(14)12-19/h2-5,16,18,20H,6-13H2,1H3. The van der Waals surface area contributed by atoms with Crippen molar-refractivity contribution in [3.8, 4) is 0 Å². The summed E-state index contributed by atoms with van der Waals surface area (Å²) in [5.41, 5.74) is 2.86. The Bertz CT molecular complexity index is 458. The van der Waals surface area contributed by atoms with Crippen molar-refractivity contribution in [2.45, 2.75) is 50.7 Å². The molecule has 1 fully saturated rings. The van der Waals surface area contributed by atoms with Gasteiger partial charge < -0.3 is 10.4 Å². The second kappa shape index (κ2) is 5.84. The largest absolute Gasteiger partial charge is 0.394 e. The SMILES string of the molecule is CC(CO)(CCN1CCc2ccccc2C1)NC1CC1. The Kier molecular flexibility index (Phi) is 4.11. The van der Waals surface area contributed by atoms with Crippen molar-refractivity contribution in [2.75, 3.05) is 19.7 Å². The van der Waals surface area contributed by atoms with Crippen molar-refractivity contribution in [3.63, 3.8) is 0 Å². The Hall–Kier alpha value is -0.900. The first kappa shape index (κ1) is 14.1. The van der Waals surface area contributed by atoms with Crippen LogP contribution in [0.2, 0.25) is 0 Å². The molecular weight excluding hydrogens is 248 g/mol. The van der Waals surface area contributed by atoms with Gasteiger partial charge in [-0.25, -0.2) is 0 Å². The maximum atomic E-state index is 9.67. The minimum absolute atomic E-state index is 0.113. The van der Waals surface area contributed by atoms with Gasteiger partial charge in [0.25, 0.3) is 0 Å². The van der Waals surface area contributed by atoms with E-state index in [0.717, 1.165) is 32.5 Å². The molecule has 1 heterocycles. The lowest BCUT2D eigenvalue weighted by molar-refractivity contribution is 0.139. The highest BCUT2D eigenvalue weighted by Crippen LogP contribution is 2.25. The molecule has 0 bridgehead atoms. The van der Waals surface area contributed by atoms with Crippen molar-refractivity contribution < 1.29 is 5.11 Å². The van der Waals surface area contributed by atoms with E-state index in [4.69, 9.17) is 0 Å². The molecule has 1 aromatic carbocycles. The lowest BCUT2D eigenvalue weighted by Gasteiger charge is -2.34. The van der Waals surface area contributed by atoms with Gasteiger partial charge in [0, 0.05) is 31.2 Å². The van der Waals surface area contributed by atoms with Gasteiger partial charge >= 0.3 is 0 Å². The molecule has 1 aliphatic carbocycles. The number of aliphatic hydroxyl groups is 1. The Morgan fingerprint density at radius 2 is 2.05 bits per heavy atom. The average Bonchev–Trinajstić information content (AvgIpc) is 3.29. The molecule has 1 aromatic rings. The zero-order chi connectivity index (χ0) is 14.0. The maximum absolute atomic E-state index is 9.67. The van der Waals surface area contributed by atoms with Crippen LogP contribution in [0, 0.1) is 0 Å². The van der Waals surface area contributed by atoms with Gasteiger partial charge in [-0.2, -0.15) is 0 Å². The number of hydrogen-bond acceptors (Lipinski definition) is 3. The smallest absolute Gasteiger partial charge is 0.0611 e. The van der Waals surface area contributed by atoms with Crippen LogP contribution in [-0.2, 0) is 13.0 Å². The molecule has 0 radical (unpaired) electrons. The van der Waals surface area contributed by atoms with E-state index in [9.17, 15) is 5.11 Å². The zero-order valence-corrected chi connectivity index (χ0v) is 12.4. The first-order valence-electron chi connectivity index (χ1n) is 7.86.